The second-order valence-electron chi connectivity index (χ2n) is 3.46. The molecular formula is C11H14BrClN2O. The van der Waals surface area contributed by atoms with Crippen molar-refractivity contribution in [1.82, 2.24) is 5.32 Å². The minimum atomic E-state index is -0.480. The quantitative estimate of drug-likeness (QED) is 0.878. The van der Waals surface area contributed by atoms with Crippen LogP contribution in [0.15, 0.2) is 22.7 Å². The molecule has 0 aromatic heterocycles. The summed E-state index contributed by atoms with van der Waals surface area (Å²) >= 11 is 9.21. The maximum absolute atomic E-state index is 11.3. The molecule has 1 amide bonds. The molecule has 0 saturated heterocycles. The number of amides is 1. The number of benzene rings is 1. The normalized spacial score (nSPS) is 12.4. The van der Waals surface area contributed by atoms with Gasteiger partial charge in [0.15, 0.2) is 0 Å². The van der Waals surface area contributed by atoms with Crippen LogP contribution in [0.1, 0.15) is 24.9 Å². The molecule has 1 aromatic carbocycles. The van der Waals surface area contributed by atoms with E-state index in [9.17, 15) is 4.79 Å². The number of nitrogens with one attached hydrogen (secondary N) is 1. The zero-order valence-electron chi connectivity index (χ0n) is 8.97. The van der Waals surface area contributed by atoms with Gasteiger partial charge in [0, 0.05) is 9.50 Å². The van der Waals surface area contributed by atoms with Crippen LogP contribution in [0.4, 0.5) is 0 Å². The predicted octanol–water partition coefficient (Wildman–Crippen LogP) is 2.63. The zero-order valence-corrected chi connectivity index (χ0v) is 11.3. The molecule has 0 heterocycles. The Kier molecular flexibility index (Phi) is 5.25. The van der Waals surface area contributed by atoms with Gasteiger partial charge in [0.05, 0.1) is 0 Å². The second-order valence-corrected chi connectivity index (χ2v) is 4.75. The van der Waals surface area contributed by atoms with E-state index in [0.29, 0.717) is 5.02 Å². The monoisotopic (exact) mass is 304 g/mol. The largest absolute Gasteiger partial charge is 0.368 e. The minimum Gasteiger partial charge on any atom is -0.368 e. The minimum absolute atomic E-state index is 0.392. The Bertz CT molecular complexity index is 384. The number of rotatable bonds is 5. The van der Waals surface area contributed by atoms with Crippen molar-refractivity contribution in [2.75, 3.05) is 6.54 Å². The SMILES string of the molecule is CCCNC(C(N)=O)c1ccc(Cl)cc1Br. The van der Waals surface area contributed by atoms with Gasteiger partial charge in [0.1, 0.15) is 6.04 Å². The van der Waals surface area contributed by atoms with Crippen LogP contribution in [0, 0.1) is 0 Å². The number of nitrogens with two attached hydrogens (primary N) is 1. The lowest BCUT2D eigenvalue weighted by Crippen LogP contribution is -2.34. The molecule has 3 nitrogen and oxygen atoms in total. The number of carbonyl (C=O) groups excluding carboxylic acids is 1. The average Bonchev–Trinajstić information content (AvgIpc) is 2.20. The van der Waals surface area contributed by atoms with E-state index in [1.54, 1.807) is 18.2 Å². The van der Waals surface area contributed by atoms with Crippen LogP contribution in [-0.4, -0.2) is 12.5 Å². The molecule has 1 rings (SSSR count). The van der Waals surface area contributed by atoms with Crippen LogP contribution < -0.4 is 11.1 Å². The van der Waals surface area contributed by atoms with Crippen molar-refractivity contribution >= 4 is 33.4 Å². The predicted molar refractivity (Wildman–Crippen MR) is 69.4 cm³/mol. The Hall–Kier alpha value is -0.580. The van der Waals surface area contributed by atoms with Gasteiger partial charge < -0.3 is 11.1 Å². The first-order chi connectivity index (χ1) is 7.56. The molecule has 0 aliphatic carbocycles. The molecule has 0 aliphatic rings. The molecular weight excluding hydrogens is 291 g/mol. The van der Waals surface area contributed by atoms with Crippen molar-refractivity contribution in [3.8, 4) is 0 Å². The average molecular weight is 306 g/mol. The molecule has 1 unspecified atom stereocenters. The van der Waals surface area contributed by atoms with E-state index in [2.05, 4.69) is 21.2 Å². The molecule has 0 radical (unpaired) electrons. The van der Waals surface area contributed by atoms with Gasteiger partial charge in [-0.15, -0.1) is 0 Å². The molecule has 0 fully saturated rings. The lowest BCUT2D eigenvalue weighted by atomic mass is 10.1. The fourth-order valence-electron chi connectivity index (χ4n) is 1.39. The first-order valence-corrected chi connectivity index (χ1v) is 6.21. The van der Waals surface area contributed by atoms with Crippen LogP contribution in [0.3, 0.4) is 0 Å². The van der Waals surface area contributed by atoms with Crippen molar-refractivity contribution in [1.29, 1.82) is 0 Å². The molecule has 16 heavy (non-hydrogen) atoms. The molecule has 1 aromatic rings. The Morgan fingerprint density at radius 3 is 2.81 bits per heavy atom. The Balaban J connectivity index is 2.96. The topological polar surface area (TPSA) is 55.1 Å². The van der Waals surface area contributed by atoms with Gasteiger partial charge in [-0.25, -0.2) is 0 Å². The smallest absolute Gasteiger partial charge is 0.239 e. The van der Waals surface area contributed by atoms with Crippen molar-refractivity contribution in [3.63, 3.8) is 0 Å². The third-order valence-electron chi connectivity index (χ3n) is 2.16. The maximum Gasteiger partial charge on any atom is 0.239 e. The fraction of sp³-hybridized carbons (Fsp3) is 0.364. The Labute approximate surface area is 108 Å². The lowest BCUT2D eigenvalue weighted by molar-refractivity contribution is -0.120. The molecule has 88 valence electrons. The summed E-state index contributed by atoms with van der Waals surface area (Å²) in [5.74, 6) is -0.392. The van der Waals surface area contributed by atoms with Crippen LogP contribution >= 0.6 is 27.5 Å². The van der Waals surface area contributed by atoms with E-state index in [0.717, 1.165) is 23.0 Å². The molecule has 1 atom stereocenters. The zero-order chi connectivity index (χ0) is 12.1. The fourth-order valence-corrected chi connectivity index (χ4v) is 2.30. The summed E-state index contributed by atoms with van der Waals surface area (Å²) in [5, 5.41) is 3.72. The molecule has 0 aliphatic heterocycles. The van der Waals surface area contributed by atoms with Gasteiger partial charge in [-0.3, -0.25) is 4.79 Å². The summed E-state index contributed by atoms with van der Waals surface area (Å²) in [6.07, 6.45) is 0.939. The molecule has 0 saturated carbocycles. The Morgan fingerprint density at radius 2 is 2.31 bits per heavy atom. The van der Waals surface area contributed by atoms with Crippen molar-refractivity contribution in [2.24, 2.45) is 5.73 Å². The number of halogens is 2. The van der Waals surface area contributed by atoms with Crippen molar-refractivity contribution in [2.45, 2.75) is 19.4 Å². The van der Waals surface area contributed by atoms with Gasteiger partial charge >= 0.3 is 0 Å². The van der Waals surface area contributed by atoms with E-state index in [4.69, 9.17) is 17.3 Å². The summed E-state index contributed by atoms with van der Waals surface area (Å²) < 4.78 is 0.785. The van der Waals surface area contributed by atoms with E-state index in [1.165, 1.54) is 0 Å². The van der Waals surface area contributed by atoms with E-state index >= 15 is 0 Å². The lowest BCUT2D eigenvalue weighted by Gasteiger charge is -2.16. The van der Waals surface area contributed by atoms with Crippen molar-refractivity contribution < 1.29 is 4.79 Å². The van der Waals surface area contributed by atoms with Gasteiger partial charge in [0.25, 0.3) is 0 Å². The van der Waals surface area contributed by atoms with Crippen molar-refractivity contribution in [3.05, 3.63) is 33.3 Å². The number of primary amides is 1. The van der Waals surface area contributed by atoms with Crippen LogP contribution in [0.25, 0.3) is 0 Å². The van der Waals surface area contributed by atoms with Gasteiger partial charge in [-0.05, 0) is 30.7 Å². The summed E-state index contributed by atoms with van der Waals surface area (Å²) in [6, 6.07) is 4.81. The molecule has 5 heteroatoms. The highest BCUT2D eigenvalue weighted by Gasteiger charge is 2.19. The van der Waals surface area contributed by atoms with Crippen LogP contribution in [0.5, 0.6) is 0 Å². The highest BCUT2D eigenvalue weighted by Crippen LogP contribution is 2.26. The standard InChI is InChI=1S/C11H14BrClN2O/c1-2-5-15-10(11(14)16)8-4-3-7(13)6-9(8)12/h3-4,6,10,15H,2,5H2,1H3,(H2,14,16). The molecule has 0 spiro atoms. The molecule has 3 N–H and O–H groups in total. The van der Waals surface area contributed by atoms with Gasteiger partial charge in [0.2, 0.25) is 5.91 Å². The molecule has 0 bridgehead atoms. The summed E-state index contributed by atoms with van der Waals surface area (Å²) in [5.41, 5.74) is 6.17. The number of hydrogen-bond donors (Lipinski definition) is 2. The van der Waals surface area contributed by atoms with Gasteiger partial charge in [-0.1, -0.05) is 40.5 Å². The Morgan fingerprint density at radius 1 is 1.62 bits per heavy atom. The van der Waals surface area contributed by atoms with Crippen LogP contribution in [0.2, 0.25) is 5.02 Å². The summed E-state index contributed by atoms with van der Waals surface area (Å²) in [4.78, 5) is 11.3. The first-order valence-electron chi connectivity index (χ1n) is 5.04. The number of carbonyl (C=O) groups is 1. The third-order valence-corrected chi connectivity index (χ3v) is 3.08. The van der Waals surface area contributed by atoms with E-state index in [-0.39, 0.29) is 0 Å². The maximum atomic E-state index is 11.3. The third kappa shape index (κ3) is 3.47. The summed E-state index contributed by atoms with van der Waals surface area (Å²) in [7, 11) is 0. The highest BCUT2D eigenvalue weighted by atomic mass is 79.9. The van der Waals surface area contributed by atoms with E-state index < -0.39 is 11.9 Å². The highest BCUT2D eigenvalue weighted by molar-refractivity contribution is 9.10. The second kappa shape index (κ2) is 6.23. The number of hydrogen-bond acceptors (Lipinski definition) is 2. The summed E-state index contributed by atoms with van der Waals surface area (Å²) in [6.45, 7) is 2.77. The van der Waals surface area contributed by atoms with Crippen LogP contribution in [-0.2, 0) is 4.79 Å². The van der Waals surface area contributed by atoms with Gasteiger partial charge in [-0.2, -0.15) is 0 Å². The first kappa shape index (κ1) is 13.5. The van der Waals surface area contributed by atoms with E-state index in [1.807, 2.05) is 6.92 Å².